The van der Waals surface area contributed by atoms with Crippen LogP contribution < -0.4 is 16.0 Å². The van der Waals surface area contributed by atoms with Gasteiger partial charge in [-0.05, 0) is 36.8 Å². The molecule has 14 heteroatoms. The van der Waals surface area contributed by atoms with Crippen LogP contribution in [-0.4, -0.2) is 53.7 Å². The lowest BCUT2D eigenvalue weighted by Crippen LogP contribution is -2.31. The van der Waals surface area contributed by atoms with Crippen LogP contribution in [0.3, 0.4) is 0 Å². The number of fused-ring (bicyclic) bond motifs is 2. The fraction of sp³-hybridized carbons (Fsp3) is 0.148. The zero-order chi connectivity index (χ0) is 28.9. The average molecular weight is 572 g/mol. The van der Waals surface area contributed by atoms with Crippen LogP contribution in [-0.2, 0) is 16.6 Å². The molecule has 0 unspecified atom stereocenters. The number of phenols is 1. The van der Waals surface area contributed by atoms with Crippen molar-refractivity contribution in [3.8, 4) is 17.0 Å². The zero-order valence-electron chi connectivity index (χ0n) is 22.0. The van der Waals surface area contributed by atoms with Crippen molar-refractivity contribution < 1.29 is 13.5 Å². The summed E-state index contributed by atoms with van der Waals surface area (Å²) in [6.07, 6.45) is 4.02. The van der Waals surface area contributed by atoms with Gasteiger partial charge in [-0.25, -0.2) is 27.6 Å². The van der Waals surface area contributed by atoms with Crippen molar-refractivity contribution in [1.82, 2.24) is 33.9 Å². The van der Waals surface area contributed by atoms with Gasteiger partial charge in [-0.15, -0.1) is 0 Å². The maximum atomic E-state index is 13.7. The second-order valence-electron chi connectivity index (χ2n) is 9.62. The molecule has 0 saturated carbocycles. The van der Waals surface area contributed by atoms with E-state index in [4.69, 9.17) is 15.9 Å². The minimum Gasteiger partial charge on any atom is -0.508 e. The number of nitrogens with one attached hydrogen (secondary N) is 1. The molecular formula is C27H25N9O4S. The van der Waals surface area contributed by atoms with Crippen molar-refractivity contribution in [2.75, 3.05) is 16.7 Å². The third-order valence-electron chi connectivity index (χ3n) is 6.68. The molecule has 0 spiro atoms. The number of hydrogen-bond donors (Lipinski definition) is 3. The molecule has 0 aliphatic heterocycles. The Morgan fingerprint density at radius 1 is 1.05 bits per heavy atom. The van der Waals surface area contributed by atoms with Gasteiger partial charge in [0.05, 0.1) is 23.4 Å². The van der Waals surface area contributed by atoms with Gasteiger partial charge in [0.15, 0.2) is 11.5 Å². The fourth-order valence-corrected chi connectivity index (χ4v) is 5.47. The quantitative estimate of drug-likeness (QED) is 0.260. The number of sulfonamides is 1. The Balaban J connectivity index is 1.54. The number of rotatable bonds is 7. The zero-order valence-corrected chi connectivity index (χ0v) is 22.8. The summed E-state index contributed by atoms with van der Waals surface area (Å²) in [5, 5.41) is 20.3. The molecule has 41 heavy (non-hydrogen) atoms. The lowest BCUT2D eigenvalue weighted by Gasteiger charge is -2.20. The largest absolute Gasteiger partial charge is 0.508 e. The molecule has 4 heterocycles. The summed E-state index contributed by atoms with van der Waals surface area (Å²) in [6, 6.07) is 17.0. The summed E-state index contributed by atoms with van der Waals surface area (Å²) in [4.78, 5) is 22.2. The Morgan fingerprint density at radius 2 is 1.83 bits per heavy atom. The Hall–Kier alpha value is -5.24. The lowest BCUT2D eigenvalue weighted by molar-refractivity contribution is 0.476. The highest BCUT2D eigenvalue weighted by Crippen LogP contribution is 2.34. The highest BCUT2D eigenvalue weighted by molar-refractivity contribution is 7.92. The first-order valence-corrected chi connectivity index (χ1v) is 14.4. The number of aromatic hydroxyl groups is 1. The predicted molar refractivity (Wildman–Crippen MR) is 154 cm³/mol. The normalized spacial score (nSPS) is 12.6. The van der Waals surface area contributed by atoms with Crippen LogP contribution in [0.25, 0.3) is 27.8 Å². The van der Waals surface area contributed by atoms with E-state index in [1.807, 2.05) is 37.3 Å². The Kier molecular flexibility index (Phi) is 6.18. The predicted octanol–water partition coefficient (Wildman–Crippen LogP) is 2.62. The molecule has 0 aliphatic rings. The molecule has 4 N–H and O–H groups in total. The summed E-state index contributed by atoms with van der Waals surface area (Å²) >= 11 is 0. The SMILES string of the molecule is C[C@@H](c1ccccc1)n1c(Cn2nc(-c3cc(O)cc(NS(C)(=O)=O)c3)c3c(N)ncnc32)nn2cccc2c1=O. The summed E-state index contributed by atoms with van der Waals surface area (Å²) in [5.74, 6) is 0.372. The molecule has 13 nitrogen and oxygen atoms in total. The van der Waals surface area contributed by atoms with Gasteiger partial charge in [-0.2, -0.15) is 10.2 Å². The molecule has 0 aliphatic carbocycles. The fourth-order valence-electron chi connectivity index (χ4n) is 4.93. The van der Waals surface area contributed by atoms with Gasteiger partial charge >= 0.3 is 0 Å². The first-order valence-electron chi connectivity index (χ1n) is 12.5. The number of anilines is 2. The van der Waals surface area contributed by atoms with E-state index in [2.05, 4.69) is 14.7 Å². The standard InChI is InChI=1S/C27H25N9O4S/c1-16(17-7-4-3-5-8-17)36-22(31-34-10-6-9-21(34)27(36)38)14-35-26-23(25(28)29-15-30-26)24(32-35)18-11-19(13-20(37)12-18)33-41(2,39)40/h3-13,15-16,33,37H,14H2,1-2H3,(H2,28,29,30)/t16-/m0/s1. The van der Waals surface area contributed by atoms with Crippen LogP contribution in [0.1, 0.15) is 24.4 Å². The minimum absolute atomic E-state index is 0.0424. The van der Waals surface area contributed by atoms with Crippen LogP contribution in [0, 0.1) is 0 Å². The van der Waals surface area contributed by atoms with Crippen LogP contribution in [0.2, 0.25) is 0 Å². The van der Waals surface area contributed by atoms with E-state index in [1.165, 1.54) is 29.0 Å². The number of phenolic OH excluding ortho intramolecular Hbond substituents is 1. The molecule has 208 valence electrons. The molecule has 0 bridgehead atoms. The van der Waals surface area contributed by atoms with Crippen LogP contribution in [0.5, 0.6) is 5.75 Å². The number of aromatic nitrogens is 7. The number of nitrogens with two attached hydrogens (primary N) is 1. The lowest BCUT2D eigenvalue weighted by atomic mass is 10.1. The minimum atomic E-state index is -3.61. The molecular weight excluding hydrogens is 546 g/mol. The van der Waals surface area contributed by atoms with Crippen molar-refractivity contribution in [3.63, 3.8) is 0 Å². The van der Waals surface area contributed by atoms with Crippen molar-refractivity contribution in [2.24, 2.45) is 0 Å². The van der Waals surface area contributed by atoms with Gasteiger partial charge in [-0.3, -0.25) is 14.1 Å². The van der Waals surface area contributed by atoms with Crippen molar-refractivity contribution in [3.05, 3.63) is 94.9 Å². The van der Waals surface area contributed by atoms with E-state index in [0.29, 0.717) is 33.6 Å². The molecule has 2 aromatic carbocycles. The van der Waals surface area contributed by atoms with E-state index < -0.39 is 10.0 Å². The molecule has 4 aromatic heterocycles. The first kappa shape index (κ1) is 26.0. The van der Waals surface area contributed by atoms with Crippen LogP contribution in [0.15, 0.2) is 78.0 Å². The number of nitrogens with zero attached hydrogens (tertiary/aromatic N) is 7. The molecule has 0 amide bonds. The van der Waals surface area contributed by atoms with Gasteiger partial charge < -0.3 is 10.8 Å². The smallest absolute Gasteiger partial charge is 0.278 e. The third kappa shape index (κ3) is 4.84. The van der Waals surface area contributed by atoms with E-state index in [1.54, 1.807) is 27.6 Å². The van der Waals surface area contributed by atoms with Crippen LogP contribution >= 0.6 is 0 Å². The number of nitrogen functional groups attached to an aromatic ring is 1. The van der Waals surface area contributed by atoms with Gasteiger partial charge in [0.1, 0.15) is 35.7 Å². The Morgan fingerprint density at radius 3 is 2.59 bits per heavy atom. The van der Waals surface area contributed by atoms with E-state index >= 15 is 0 Å². The molecule has 6 aromatic rings. The number of benzene rings is 2. The highest BCUT2D eigenvalue weighted by Gasteiger charge is 2.23. The van der Waals surface area contributed by atoms with Gasteiger partial charge in [-0.1, -0.05) is 30.3 Å². The van der Waals surface area contributed by atoms with E-state index in [-0.39, 0.29) is 35.4 Å². The maximum Gasteiger partial charge on any atom is 0.278 e. The third-order valence-corrected chi connectivity index (χ3v) is 7.29. The maximum absolute atomic E-state index is 13.7. The first-order chi connectivity index (χ1) is 19.6. The van der Waals surface area contributed by atoms with Gasteiger partial charge in [0.25, 0.3) is 5.56 Å². The second kappa shape index (κ2) is 9.75. The van der Waals surface area contributed by atoms with Crippen molar-refractivity contribution >= 4 is 38.1 Å². The van der Waals surface area contributed by atoms with Crippen LogP contribution in [0.4, 0.5) is 11.5 Å². The van der Waals surface area contributed by atoms with Crippen molar-refractivity contribution in [2.45, 2.75) is 19.5 Å². The van der Waals surface area contributed by atoms with Crippen molar-refractivity contribution in [1.29, 1.82) is 0 Å². The average Bonchev–Trinajstić information content (AvgIpc) is 3.54. The van der Waals surface area contributed by atoms with E-state index in [9.17, 15) is 18.3 Å². The van der Waals surface area contributed by atoms with Gasteiger partial charge in [0.2, 0.25) is 10.0 Å². The summed E-state index contributed by atoms with van der Waals surface area (Å²) < 4.78 is 30.7. The summed E-state index contributed by atoms with van der Waals surface area (Å²) in [5.41, 5.74) is 8.62. The summed E-state index contributed by atoms with van der Waals surface area (Å²) in [7, 11) is -3.61. The molecule has 0 radical (unpaired) electrons. The molecule has 6 rings (SSSR count). The molecule has 0 fully saturated rings. The molecule has 0 saturated heterocycles. The Labute approximate surface area is 233 Å². The second-order valence-corrected chi connectivity index (χ2v) is 11.4. The topological polar surface area (TPSA) is 175 Å². The van der Waals surface area contributed by atoms with Gasteiger partial charge in [0, 0.05) is 17.8 Å². The molecule has 1 atom stereocenters. The monoisotopic (exact) mass is 571 g/mol. The highest BCUT2D eigenvalue weighted by atomic mass is 32.2. The summed E-state index contributed by atoms with van der Waals surface area (Å²) in [6.45, 7) is 1.97. The van der Waals surface area contributed by atoms with E-state index in [0.717, 1.165) is 11.8 Å². The Bertz CT molecular complexity index is 2100. The number of hydrogen-bond acceptors (Lipinski definition) is 9.